The minimum absolute atomic E-state index is 0.0956. The van der Waals surface area contributed by atoms with Crippen molar-refractivity contribution < 1.29 is 14.6 Å². The van der Waals surface area contributed by atoms with Crippen LogP contribution in [0.2, 0.25) is 0 Å². The highest BCUT2D eigenvalue weighted by Crippen LogP contribution is 2.43. The highest BCUT2D eigenvalue weighted by Gasteiger charge is 2.31. The fraction of sp³-hybridized carbons (Fsp3) is 0.281. The van der Waals surface area contributed by atoms with Gasteiger partial charge in [0.05, 0.1) is 11.7 Å². The molecule has 0 bridgehead atoms. The van der Waals surface area contributed by atoms with Crippen LogP contribution in [0.25, 0.3) is 10.8 Å². The summed E-state index contributed by atoms with van der Waals surface area (Å²) in [6, 6.07) is 27.2. The molecule has 5 rings (SSSR count). The summed E-state index contributed by atoms with van der Waals surface area (Å²) in [4.78, 5) is 11.9. The van der Waals surface area contributed by atoms with Gasteiger partial charge in [-0.05, 0) is 78.7 Å². The molecular weight excluding hydrogens is 446 g/mol. The number of hydrogen-bond donors (Lipinski definition) is 2. The van der Waals surface area contributed by atoms with Crippen LogP contribution >= 0.6 is 0 Å². The molecule has 4 aromatic rings. The molecule has 0 saturated heterocycles. The molecule has 36 heavy (non-hydrogen) atoms. The lowest BCUT2D eigenvalue weighted by atomic mass is 9.80. The second-order valence-electron chi connectivity index (χ2n) is 9.80. The molecule has 0 saturated carbocycles. The third-order valence-corrected chi connectivity index (χ3v) is 7.47. The van der Waals surface area contributed by atoms with Crippen molar-refractivity contribution in [3.63, 3.8) is 0 Å². The zero-order valence-corrected chi connectivity index (χ0v) is 21.0. The maximum absolute atomic E-state index is 11.9. The Morgan fingerprint density at radius 2 is 1.72 bits per heavy atom. The summed E-state index contributed by atoms with van der Waals surface area (Å²) in [5.41, 5.74) is 5.64. The van der Waals surface area contributed by atoms with Gasteiger partial charge >= 0.3 is 5.97 Å². The van der Waals surface area contributed by atoms with Gasteiger partial charge in [0.25, 0.3) is 0 Å². The average molecular weight is 480 g/mol. The molecule has 1 aliphatic heterocycles. The van der Waals surface area contributed by atoms with E-state index in [1.54, 1.807) is 0 Å². The molecule has 0 aromatic heterocycles. The molecule has 0 fully saturated rings. The van der Waals surface area contributed by atoms with Crippen molar-refractivity contribution in [1.82, 2.24) is 5.32 Å². The second-order valence-corrected chi connectivity index (χ2v) is 9.80. The molecule has 0 spiro atoms. The normalized spacial score (nSPS) is 16.9. The zero-order valence-electron chi connectivity index (χ0n) is 21.0. The van der Waals surface area contributed by atoms with Crippen LogP contribution in [0.3, 0.4) is 0 Å². The zero-order chi connectivity index (χ0) is 25.1. The van der Waals surface area contributed by atoms with Gasteiger partial charge in [-0.2, -0.15) is 0 Å². The number of aryl methyl sites for hydroxylation is 1. The molecule has 184 valence electrons. The Balaban J connectivity index is 1.26. The highest BCUT2D eigenvalue weighted by molar-refractivity contribution is 5.91. The van der Waals surface area contributed by atoms with Gasteiger partial charge in [0, 0.05) is 18.0 Å². The van der Waals surface area contributed by atoms with Crippen LogP contribution in [-0.2, 0) is 6.54 Å². The lowest BCUT2D eigenvalue weighted by molar-refractivity contribution is 0.0695. The van der Waals surface area contributed by atoms with E-state index in [2.05, 4.69) is 59.9 Å². The standard InChI is InChI=1S/C32H33NO3/c1-21-16-17-26(22(2)31(21)32(34)35)29-19-25(36-30-15-6-5-14-28(29)30)12-8-18-33-20-24-11-7-10-23-9-3-4-13-27(23)24/h3-7,9-11,13-17,25,29,33H,8,12,18-20H2,1-2H3,(H,34,35). The van der Waals surface area contributed by atoms with Crippen molar-refractivity contribution in [1.29, 1.82) is 0 Å². The molecule has 4 aromatic carbocycles. The number of hydrogen-bond acceptors (Lipinski definition) is 3. The number of para-hydroxylation sites is 1. The lowest BCUT2D eigenvalue weighted by Gasteiger charge is -2.33. The van der Waals surface area contributed by atoms with E-state index in [9.17, 15) is 9.90 Å². The van der Waals surface area contributed by atoms with Crippen molar-refractivity contribution in [2.24, 2.45) is 0 Å². The van der Waals surface area contributed by atoms with Gasteiger partial charge in [-0.3, -0.25) is 0 Å². The SMILES string of the molecule is Cc1ccc(C2CC(CCCNCc3cccc4ccccc34)Oc3ccccc32)c(C)c1C(=O)O. The number of carboxylic acids is 1. The van der Waals surface area contributed by atoms with E-state index in [0.717, 1.165) is 60.4 Å². The summed E-state index contributed by atoms with van der Waals surface area (Å²) in [7, 11) is 0. The number of nitrogens with one attached hydrogen (secondary N) is 1. The van der Waals surface area contributed by atoms with Gasteiger partial charge in [0.15, 0.2) is 0 Å². The van der Waals surface area contributed by atoms with Crippen molar-refractivity contribution in [3.8, 4) is 5.75 Å². The van der Waals surface area contributed by atoms with Gasteiger partial charge < -0.3 is 15.2 Å². The van der Waals surface area contributed by atoms with Crippen molar-refractivity contribution >= 4 is 16.7 Å². The topological polar surface area (TPSA) is 58.6 Å². The first-order valence-corrected chi connectivity index (χ1v) is 12.8. The van der Waals surface area contributed by atoms with Crippen molar-refractivity contribution in [2.45, 2.75) is 51.7 Å². The maximum atomic E-state index is 11.9. The molecule has 0 amide bonds. The summed E-state index contributed by atoms with van der Waals surface area (Å²) in [5.74, 6) is 0.183. The minimum Gasteiger partial charge on any atom is -0.490 e. The van der Waals surface area contributed by atoms with Gasteiger partial charge in [0.1, 0.15) is 5.75 Å². The van der Waals surface area contributed by atoms with E-state index in [1.807, 2.05) is 38.1 Å². The van der Waals surface area contributed by atoms with Crippen LogP contribution in [0.1, 0.15) is 63.4 Å². The largest absolute Gasteiger partial charge is 0.490 e. The van der Waals surface area contributed by atoms with E-state index < -0.39 is 5.97 Å². The molecular formula is C32H33NO3. The van der Waals surface area contributed by atoms with Crippen molar-refractivity contribution in [2.75, 3.05) is 6.54 Å². The summed E-state index contributed by atoms with van der Waals surface area (Å²) >= 11 is 0. The number of rotatable bonds is 8. The van der Waals surface area contributed by atoms with E-state index in [4.69, 9.17) is 4.74 Å². The Morgan fingerprint density at radius 1 is 0.944 bits per heavy atom. The third kappa shape index (κ3) is 4.87. The highest BCUT2D eigenvalue weighted by atomic mass is 16.5. The predicted molar refractivity (Wildman–Crippen MR) is 145 cm³/mol. The van der Waals surface area contributed by atoms with E-state index >= 15 is 0 Å². The molecule has 0 radical (unpaired) electrons. The van der Waals surface area contributed by atoms with E-state index in [1.165, 1.54) is 16.3 Å². The molecule has 1 aliphatic rings. The van der Waals surface area contributed by atoms with E-state index in [0.29, 0.717) is 5.56 Å². The summed E-state index contributed by atoms with van der Waals surface area (Å²) < 4.78 is 6.40. The number of fused-ring (bicyclic) bond motifs is 2. The molecule has 4 heteroatoms. The predicted octanol–water partition coefficient (Wildman–Crippen LogP) is 7.01. The summed E-state index contributed by atoms with van der Waals surface area (Å²) in [6.07, 6.45) is 2.91. The summed E-state index contributed by atoms with van der Waals surface area (Å²) in [6.45, 7) is 5.57. The number of benzene rings is 4. The Morgan fingerprint density at radius 3 is 2.58 bits per heavy atom. The molecule has 2 unspecified atom stereocenters. The average Bonchev–Trinajstić information content (AvgIpc) is 2.88. The molecule has 1 heterocycles. The van der Waals surface area contributed by atoms with Gasteiger partial charge in [0.2, 0.25) is 0 Å². The Bertz CT molecular complexity index is 1390. The first-order valence-electron chi connectivity index (χ1n) is 12.8. The van der Waals surface area contributed by atoms with E-state index in [-0.39, 0.29) is 12.0 Å². The van der Waals surface area contributed by atoms with Crippen LogP contribution in [0.15, 0.2) is 78.9 Å². The minimum atomic E-state index is -0.860. The summed E-state index contributed by atoms with van der Waals surface area (Å²) in [5, 5.41) is 16.0. The van der Waals surface area contributed by atoms with Gasteiger partial charge in [-0.15, -0.1) is 0 Å². The first kappa shape index (κ1) is 24.1. The van der Waals surface area contributed by atoms with Crippen LogP contribution < -0.4 is 10.1 Å². The number of aromatic carboxylic acids is 1. The molecule has 2 atom stereocenters. The number of carbonyl (C=O) groups is 1. The fourth-order valence-electron chi connectivity index (χ4n) is 5.66. The molecule has 2 N–H and O–H groups in total. The van der Waals surface area contributed by atoms with Gasteiger partial charge in [-0.1, -0.05) is 72.8 Å². The molecule has 4 nitrogen and oxygen atoms in total. The fourth-order valence-corrected chi connectivity index (χ4v) is 5.66. The van der Waals surface area contributed by atoms with Crippen molar-refractivity contribution in [3.05, 3.63) is 112 Å². The molecule has 0 aliphatic carbocycles. The number of ether oxygens (including phenoxy) is 1. The second kappa shape index (κ2) is 10.5. The van der Waals surface area contributed by atoms with Crippen LogP contribution in [0.4, 0.5) is 0 Å². The first-order chi connectivity index (χ1) is 17.5. The Labute approximate surface area is 212 Å². The maximum Gasteiger partial charge on any atom is 0.336 e. The third-order valence-electron chi connectivity index (χ3n) is 7.47. The van der Waals surface area contributed by atoms with Gasteiger partial charge in [-0.25, -0.2) is 4.79 Å². The van der Waals surface area contributed by atoms with Crippen LogP contribution in [-0.4, -0.2) is 23.7 Å². The Hall–Kier alpha value is -3.63. The van der Waals surface area contributed by atoms with Crippen LogP contribution in [0, 0.1) is 13.8 Å². The lowest BCUT2D eigenvalue weighted by Crippen LogP contribution is -2.28. The Kier molecular flexibility index (Phi) is 7.06. The number of carboxylic acid groups (broad SMARTS) is 1. The monoisotopic (exact) mass is 479 g/mol. The quantitative estimate of drug-likeness (QED) is 0.267. The van der Waals surface area contributed by atoms with Crippen LogP contribution in [0.5, 0.6) is 5.75 Å². The smallest absolute Gasteiger partial charge is 0.336 e.